The molecule has 1 unspecified atom stereocenters. The van der Waals surface area contributed by atoms with Gasteiger partial charge in [-0.1, -0.05) is 18.0 Å². The second kappa shape index (κ2) is 10.0. The molecule has 43 heavy (non-hydrogen) atoms. The first-order chi connectivity index (χ1) is 20.6. The molecule has 222 valence electrons. The first kappa shape index (κ1) is 27.8. The van der Waals surface area contributed by atoms with E-state index < -0.39 is 22.7 Å². The van der Waals surface area contributed by atoms with Crippen LogP contribution >= 0.6 is 11.6 Å². The van der Waals surface area contributed by atoms with Crippen LogP contribution < -0.4 is 15.8 Å². The highest BCUT2D eigenvalue weighted by atomic mass is 35.5. The number of ether oxygens (including phenoxy) is 1. The smallest absolute Gasteiger partial charge is 0.251 e. The molecule has 0 bridgehead atoms. The number of rotatable bonds is 8. The maximum Gasteiger partial charge on any atom is 0.251 e. The number of primary amides is 1. The average Bonchev–Trinajstić information content (AvgIpc) is 3.63. The van der Waals surface area contributed by atoms with Gasteiger partial charge in [0.15, 0.2) is 0 Å². The van der Waals surface area contributed by atoms with Gasteiger partial charge in [0.25, 0.3) is 5.91 Å². The standard InChI is InChI=1S/C32H31ClFN5O4/c1-31(30(35)41)16-43-28-22(31)14-26(37-27(28)18-7-8-24(34)23(33)12-18)32(42,20-3-2-4-20)15-36-29(40)19-9-10-39-21(11-19)13-25(38-39)17-5-6-17/h7-14,17,20,42H,2-6,15-16H2,1H3,(H2,35,41)(H,36,40)/t31-,32?/m0/s1. The maximum absolute atomic E-state index is 14.1. The normalized spacial score (nSPS) is 21.1. The van der Waals surface area contributed by atoms with Gasteiger partial charge in [0.1, 0.15) is 34.9 Å². The number of halogens is 2. The highest BCUT2D eigenvalue weighted by Gasteiger charge is 2.48. The summed E-state index contributed by atoms with van der Waals surface area (Å²) in [5, 5.41) is 19.7. The van der Waals surface area contributed by atoms with Gasteiger partial charge in [-0.15, -0.1) is 0 Å². The molecule has 1 aromatic carbocycles. The molecule has 9 nitrogen and oxygen atoms in total. The summed E-state index contributed by atoms with van der Waals surface area (Å²) >= 11 is 6.11. The van der Waals surface area contributed by atoms with E-state index in [4.69, 9.17) is 27.1 Å². The summed E-state index contributed by atoms with van der Waals surface area (Å²) in [6, 6.07) is 11.3. The molecule has 2 saturated carbocycles. The van der Waals surface area contributed by atoms with Gasteiger partial charge in [-0.3, -0.25) is 9.59 Å². The summed E-state index contributed by atoms with van der Waals surface area (Å²) in [5.41, 5.74) is 6.89. The first-order valence-corrected chi connectivity index (χ1v) is 14.9. The van der Waals surface area contributed by atoms with Crippen LogP contribution in [0.15, 0.2) is 48.7 Å². The van der Waals surface area contributed by atoms with E-state index in [-0.39, 0.29) is 35.7 Å². The third kappa shape index (κ3) is 4.64. The van der Waals surface area contributed by atoms with Crippen LogP contribution in [0.1, 0.15) is 72.3 Å². The fourth-order valence-electron chi connectivity index (χ4n) is 6.03. The van der Waals surface area contributed by atoms with Crippen molar-refractivity contribution in [2.45, 2.75) is 56.0 Å². The molecule has 2 fully saturated rings. The van der Waals surface area contributed by atoms with E-state index in [0.29, 0.717) is 34.1 Å². The Bertz CT molecular complexity index is 1800. The molecule has 0 spiro atoms. The zero-order valence-electron chi connectivity index (χ0n) is 23.6. The van der Waals surface area contributed by atoms with Crippen molar-refractivity contribution in [2.24, 2.45) is 11.7 Å². The first-order valence-electron chi connectivity index (χ1n) is 14.5. The van der Waals surface area contributed by atoms with Gasteiger partial charge in [0, 0.05) is 28.8 Å². The number of carbonyl (C=O) groups is 2. The van der Waals surface area contributed by atoms with Crippen LogP contribution in [0.4, 0.5) is 4.39 Å². The van der Waals surface area contributed by atoms with E-state index in [1.165, 1.54) is 18.2 Å². The number of benzene rings is 1. The van der Waals surface area contributed by atoms with Crippen molar-refractivity contribution in [1.82, 2.24) is 19.9 Å². The summed E-state index contributed by atoms with van der Waals surface area (Å²) in [4.78, 5) is 30.8. The van der Waals surface area contributed by atoms with E-state index in [1.807, 2.05) is 6.07 Å². The molecule has 0 saturated heterocycles. The molecular weight excluding hydrogens is 573 g/mol. The average molecular weight is 604 g/mol. The Morgan fingerprint density at radius 2 is 2.00 bits per heavy atom. The lowest BCUT2D eigenvalue weighted by molar-refractivity contribution is -0.123. The van der Waals surface area contributed by atoms with Crippen molar-refractivity contribution < 1.29 is 23.8 Å². The second-order valence-electron chi connectivity index (χ2n) is 12.2. The number of fused-ring (bicyclic) bond motifs is 2. The topological polar surface area (TPSA) is 132 Å². The number of hydrogen-bond donors (Lipinski definition) is 3. The van der Waals surface area contributed by atoms with Crippen molar-refractivity contribution in [3.8, 4) is 17.0 Å². The molecule has 0 radical (unpaired) electrons. The molecule has 4 N–H and O–H groups in total. The Labute approximate surface area is 252 Å². The number of aromatic nitrogens is 3. The van der Waals surface area contributed by atoms with Crippen molar-refractivity contribution in [3.05, 3.63) is 82.0 Å². The largest absolute Gasteiger partial charge is 0.489 e. The minimum absolute atomic E-state index is 0.0111. The van der Waals surface area contributed by atoms with Gasteiger partial charge in [-0.05, 0) is 81.0 Å². The molecule has 2 amide bonds. The molecule has 4 aromatic rings. The van der Waals surface area contributed by atoms with Crippen LogP contribution in [0, 0.1) is 11.7 Å². The number of hydrogen-bond acceptors (Lipinski definition) is 6. The van der Waals surface area contributed by atoms with Gasteiger partial charge in [-0.25, -0.2) is 13.9 Å². The Kier molecular flexibility index (Phi) is 6.48. The Hall–Kier alpha value is -4.02. The minimum atomic E-state index is -1.57. The number of nitrogens with one attached hydrogen (secondary N) is 1. The van der Waals surface area contributed by atoms with Crippen LogP contribution in [-0.4, -0.2) is 44.7 Å². The van der Waals surface area contributed by atoms with E-state index in [1.54, 1.807) is 35.8 Å². The third-order valence-electron chi connectivity index (χ3n) is 9.29. The van der Waals surface area contributed by atoms with Crippen LogP contribution in [-0.2, 0) is 15.8 Å². The van der Waals surface area contributed by atoms with E-state index in [0.717, 1.165) is 43.3 Å². The summed E-state index contributed by atoms with van der Waals surface area (Å²) in [5.74, 6) is -0.894. The fraction of sp³-hybridized carbons (Fsp3) is 0.375. The van der Waals surface area contributed by atoms with Crippen LogP contribution in [0.25, 0.3) is 16.8 Å². The van der Waals surface area contributed by atoms with Crippen molar-refractivity contribution in [2.75, 3.05) is 13.2 Å². The molecule has 11 heteroatoms. The van der Waals surface area contributed by atoms with E-state index in [2.05, 4.69) is 10.4 Å². The van der Waals surface area contributed by atoms with Crippen LogP contribution in [0.5, 0.6) is 5.75 Å². The minimum Gasteiger partial charge on any atom is -0.489 e. The molecule has 1 aliphatic heterocycles. The molecule has 3 aromatic heterocycles. The van der Waals surface area contributed by atoms with Gasteiger partial charge >= 0.3 is 0 Å². The SMILES string of the molecule is C[C@]1(C(N)=O)COc2c1cc(C(O)(CNC(=O)c1ccn3nc(C4CC4)cc3c1)C1CCC1)nc2-c1ccc(F)c(Cl)c1. The number of nitrogens with zero attached hydrogens (tertiary/aromatic N) is 3. The van der Waals surface area contributed by atoms with Gasteiger partial charge in [0.05, 0.1) is 28.5 Å². The Morgan fingerprint density at radius 3 is 2.67 bits per heavy atom. The number of nitrogens with two attached hydrogens (primary N) is 1. The number of carbonyl (C=O) groups excluding carboxylic acids is 2. The van der Waals surface area contributed by atoms with E-state index >= 15 is 0 Å². The van der Waals surface area contributed by atoms with E-state index in [9.17, 15) is 19.1 Å². The highest BCUT2D eigenvalue weighted by Crippen LogP contribution is 2.49. The molecule has 2 aliphatic carbocycles. The lowest BCUT2D eigenvalue weighted by atomic mass is 9.70. The summed E-state index contributed by atoms with van der Waals surface area (Å²) in [6.07, 6.45) is 6.43. The molecule has 2 atom stereocenters. The fourth-order valence-corrected chi connectivity index (χ4v) is 6.21. The van der Waals surface area contributed by atoms with Crippen molar-refractivity contribution >= 4 is 28.9 Å². The van der Waals surface area contributed by atoms with Gasteiger partial charge in [0.2, 0.25) is 5.91 Å². The predicted octanol–water partition coefficient (Wildman–Crippen LogP) is 4.62. The van der Waals surface area contributed by atoms with Crippen molar-refractivity contribution in [1.29, 1.82) is 0 Å². The van der Waals surface area contributed by atoms with Crippen molar-refractivity contribution in [3.63, 3.8) is 0 Å². The summed E-state index contributed by atoms with van der Waals surface area (Å²) in [7, 11) is 0. The van der Waals surface area contributed by atoms with Crippen LogP contribution in [0.3, 0.4) is 0 Å². The highest BCUT2D eigenvalue weighted by molar-refractivity contribution is 6.31. The molecular formula is C32H31ClFN5O4. The number of pyridine rings is 2. The monoisotopic (exact) mass is 603 g/mol. The maximum atomic E-state index is 14.1. The predicted molar refractivity (Wildman–Crippen MR) is 157 cm³/mol. The zero-order valence-corrected chi connectivity index (χ0v) is 24.3. The van der Waals surface area contributed by atoms with Crippen LogP contribution in [0.2, 0.25) is 5.02 Å². The van der Waals surface area contributed by atoms with Gasteiger partial charge < -0.3 is 20.9 Å². The molecule has 4 heterocycles. The third-order valence-corrected chi connectivity index (χ3v) is 9.58. The number of aliphatic hydroxyl groups is 1. The molecule has 3 aliphatic rings. The Morgan fingerprint density at radius 1 is 1.21 bits per heavy atom. The summed E-state index contributed by atoms with van der Waals surface area (Å²) < 4.78 is 21.8. The Balaban J connectivity index is 1.26. The molecule has 7 rings (SSSR count). The summed E-state index contributed by atoms with van der Waals surface area (Å²) in [6.45, 7) is 1.55. The zero-order chi connectivity index (χ0) is 30.1. The quantitative estimate of drug-likeness (QED) is 0.269. The second-order valence-corrected chi connectivity index (χ2v) is 12.6. The number of amides is 2. The van der Waals surface area contributed by atoms with Gasteiger partial charge in [-0.2, -0.15) is 5.10 Å². The lowest BCUT2D eigenvalue weighted by Gasteiger charge is -2.41. The lowest BCUT2D eigenvalue weighted by Crippen LogP contribution is -2.49.